The Morgan fingerprint density at radius 2 is 2.29 bits per heavy atom. The summed E-state index contributed by atoms with van der Waals surface area (Å²) in [6.45, 7) is 2.00. The molecule has 0 bridgehead atoms. The lowest BCUT2D eigenvalue weighted by molar-refractivity contribution is 0.0520. The van der Waals surface area contributed by atoms with E-state index in [2.05, 4.69) is 20.1 Å². The van der Waals surface area contributed by atoms with Crippen molar-refractivity contribution in [3.05, 3.63) is 35.5 Å². The Kier molecular flexibility index (Phi) is 5.22. The molecule has 0 aliphatic rings. The molecule has 1 heterocycles. The van der Waals surface area contributed by atoms with E-state index in [-0.39, 0.29) is 12.3 Å². The molecule has 0 aliphatic carbocycles. The van der Waals surface area contributed by atoms with Crippen molar-refractivity contribution in [2.75, 3.05) is 19.1 Å². The molecule has 1 aromatic carbocycles. The molecule has 2 rings (SSSR count). The number of anilines is 1. The van der Waals surface area contributed by atoms with Crippen molar-refractivity contribution in [3.8, 4) is 5.75 Å². The third-order valence-electron chi connectivity index (χ3n) is 2.47. The van der Waals surface area contributed by atoms with Crippen molar-refractivity contribution in [2.45, 2.75) is 6.92 Å². The number of hydrogen-bond donors (Lipinski definition) is 1. The highest BCUT2D eigenvalue weighted by Gasteiger charge is 2.17. The second kappa shape index (κ2) is 7.34. The van der Waals surface area contributed by atoms with Crippen LogP contribution in [0.3, 0.4) is 0 Å². The van der Waals surface area contributed by atoms with Crippen LogP contribution in [0.25, 0.3) is 0 Å². The summed E-state index contributed by atoms with van der Waals surface area (Å²) in [5.41, 5.74) is 3.67. The summed E-state index contributed by atoms with van der Waals surface area (Å²) >= 11 is 1.03. The maximum atomic E-state index is 11.6. The third-order valence-corrected chi connectivity index (χ3v) is 3.10. The summed E-state index contributed by atoms with van der Waals surface area (Å²) in [5, 5.41) is 8.22. The number of carbonyl (C=O) groups excluding carboxylic acids is 1. The van der Waals surface area contributed by atoms with Gasteiger partial charge in [0.2, 0.25) is 5.69 Å². The van der Waals surface area contributed by atoms with E-state index < -0.39 is 5.97 Å². The van der Waals surface area contributed by atoms with E-state index >= 15 is 0 Å². The molecule has 1 aromatic heterocycles. The molecule has 0 spiro atoms. The lowest BCUT2D eigenvalue weighted by atomic mass is 10.2. The van der Waals surface area contributed by atoms with Gasteiger partial charge < -0.3 is 9.47 Å². The van der Waals surface area contributed by atoms with Gasteiger partial charge in [0.1, 0.15) is 5.75 Å². The summed E-state index contributed by atoms with van der Waals surface area (Å²) in [5.74, 6) is 0.178. The summed E-state index contributed by atoms with van der Waals surface area (Å²) in [4.78, 5) is 11.6. The van der Waals surface area contributed by atoms with E-state index in [4.69, 9.17) is 9.47 Å². The van der Waals surface area contributed by atoms with Crippen molar-refractivity contribution >= 4 is 28.7 Å². The zero-order valence-electron chi connectivity index (χ0n) is 11.6. The van der Waals surface area contributed by atoms with Crippen LogP contribution in [0.4, 0.5) is 5.00 Å². The van der Waals surface area contributed by atoms with Gasteiger partial charge in [-0.1, -0.05) is 16.6 Å². The number of nitrogens with one attached hydrogen (secondary N) is 1. The molecule has 0 saturated carbocycles. The van der Waals surface area contributed by atoms with Crippen LogP contribution in [0, 0.1) is 0 Å². The lowest BCUT2D eigenvalue weighted by Gasteiger charge is -2.03. The highest BCUT2D eigenvalue weighted by molar-refractivity contribution is 7.10. The molecule has 7 nitrogen and oxygen atoms in total. The van der Waals surface area contributed by atoms with Crippen LogP contribution in [-0.4, -0.2) is 35.5 Å². The van der Waals surface area contributed by atoms with Crippen LogP contribution in [0.5, 0.6) is 5.75 Å². The molecule has 0 saturated heterocycles. The number of rotatable bonds is 6. The Morgan fingerprint density at radius 1 is 1.48 bits per heavy atom. The van der Waals surface area contributed by atoms with E-state index in [0.29, 0.717) is 10.8 Å². The van der Waals surface area contributed by atoms with Crippen LogP contribution in [0.2, 0.25) is 0 Å². The highest BCUT2D eigenvalue weighted by atomic mass is 32.1. The molecule has 0 amide bonds. The Bertz CT molecular complexity index is 642. The van der Waals surface area contributed by atoms with Gasteiger partial charge in [-0.15, -0.1) is 5.10 Å². The Balaban J connectivity index is 2.08. The fourth-order valence-electron chi connectivity index (χ4n) is 1.53. The number of methoxy groups -OCH3 is 1. The van der Waals surface area contributed by atoms with E-state index in [1.54, 1.807) is 20.2 Å². The first-order valence-corrected chi connectivity index (χ1v) is 6.95. The smallest absolute Gasteiger partial charge is 0.362 e. The Morgan fingerprint density at radius 3 is 3.05 bits per heavy atom. The van der Waals surface area contributed by atoms with Gasteiger partial charge in [-0.2, -0.15) is 5.10 Å². The summed E-state index contributed by atoms with van der Waals surface area (Å²) in [6.07, 6.45) is 1.59. The van der Waals surface area contributed by atoms with Crippen LogP contribution < -0.4 is 10.2 Å². The van der Waals surface area contributed by atoms with Gasteiger partial charge in [-0.05, 0) is 19.1 Å². The van der Waals surface area contributed by atoms with Gasteiger partial charge >= 0.3 is 5.97 Å². The second-order valence-corrected chi connectivity index (χ2v) is 4.54. The number of hydrogen-bond acceptors (Lipinski definition) is 8. The maximum absolute atomic E-state index is 11.6. The third kappa shape index (κ3) is 3.76. The lowest BCUT2D eigenvalue weighted by Crippen LogP contribution is -2.07. The highest BCUT2D eigenvalue weighted by Crippen LogP contribution is 2.19. The molecule has 0 unspecified atom stereocenters. The molecule has 0 fully saturated rings. The van der Waals surface area contributed by atoms with Crippen LogP contribution in [0.1, 0.15) is 23.0 Å². The average molecular weight is 306 g/mol. The Hall–Kier alpha value is -2.48. The molecule has 0 atom stereocenters. The Labute approximate surface area is 125 Å². The molecule has 0 radical (unpaired) electrons. The quantitative estimate of drug-likeness (QED) is 0.500. The minimum atomic E-state index is -0.527. The van der Waals surface area contributed by atoms with Gasteiger partial charge in [-0.3, -0.25) is 5.43 Å². The second-order valence-electron chi connectivity index (χ2n) is 3.78. The number of hydrazone groups is 1. The molecule has 1 N–H and O–H groups in total. The van der Waals surface area contributed by atoms with Crippen LogP contribution in [-0.2, 0) is 4.74 Å². The fourth-order valence-corrected chi connectivity index (χ4v) is 2.04. The SMILES string of the molecule is CCOC(=O)c1nnsc1NN=Cc1ccccc1OC. The fraction of sp³-hybridized carbons (Fsp3) is 0.231. The molecule has 0 aliphatic heterocycles. The zero-order chi connectivity index (χ0) is 15.1. The standard InChI is InChI=1S/C13H14N4O3S/c1-3-20-13(18)11-12(21-17-15-11)16-14-8-9-6-4-5-7-10(9)19-2/h4-8,16H,3H2,1-2H3. The molecule has 110 valence electrons. The summed E-state index contributed by atoms with van der Waals surface area (Å²) in [6, 6.07) is 7.44. The van der Waals surface area contributed by atoms with Crippen molar-refractivity contribution in [1.29, 1.82) is 0 Å². The van der Waals surface area contributed by atoms with Crippen LogP contribution in [0.15, 0.2) is 29.4 Å². The minimum Gasteiger partial charge on any atom is -0.496 e. The number of aromatic nitrogens is 2. The van der Waals surface area contributed by atoms with Crippen molar-refractivity contribution < 1.29 is 14.3 Å². The predicted octanol–water partition coefficient (Wildman–Crippen LogP) is 2.17. The average Bonchev–Trinajstić information content (AvgIpc) is 2.96. The zero-order valence-corrected chi connectivity index (χ0v) is 12.4. The van der Waals surface area contributed by atoms with E-state index in [9.17, 15) is 4.79 Å². The van der Waals surface area contributed by atoms with Gasteiger partial charge in [0.25, 0.3) is 0 Å². The first kappa shape index (κ1) is 14.9. The van der Waals surface area contributed by atoms with Crippen molar-refractivity contribution in [1.82, 2.24) is 9.59 Å². The number of nitrogens with zero attached hydrogens (tertiary/aromatic N) is 3. The number of ether oxygens (including phenoxy) is 2. The van der Waals surface area contributed by atoms with Gasteiger partial charge in [0.05, 0.1) is 19.9 Å². The van der Waals surface area contributed by atoms with Crippen LogP contribution >= 0.6 is 11.5 Å². The summed E-state index contributed by atoms with van der Waals surface area (Å²) in [7, 11) is 1.59. The molecular weight excluding hydrogens is 292 g/mol. The summed E-state index contributed by atoms with van der Waals surface area (Å²) < 4.78 is 13.8. The topological polar surface area (TPSA) is 85.7 Å². The van der Waals surface area contributed by atoms with Gasteiger partial charge in [-0.25, -0.2) is 4.79 Å². The molecule has 8 heteroatoms. The van der Waals surface area contributed by atoms with Crippen molar-refractivity contribution in [2.24, 2.45) is 5.10 Å². The van der Waals surface area contributed by atoms with E-state index in [1.165, 1.54) is 0 Å². The van der Waals surface area contributed by atoms with Crippen molar-refractivity contribution in [3.63, 3.8) is 0 Å². The predicted molar refractivity (Wildman–Crippen MR) is 80.1 cm³/mol. The normalized spacial score (nSPS) is 10.6. The number of benzene rings is 1. The van der Waals surface area contributed by atoms with E-state index in [0.717, 1.165) is 17.1 Å². The molecular formula is C13H14N4O3S. The number of para-hydroxylation sites is 1. The van der Waals surface area contributed by atoms with Gasteiger partial charge in [0.15, 0.2) is 5.00 Å². The number of carbonyl (C=O) groups is 1. The largest absolute Gasteiger partial charge is 0.496 e. The first-order chi connectivity index (χ1) is 10.3. The minimum absolute atomic E-state index is 0.124. The number of esters is 1. The van der Waals surface area contributed by atoms with Gasteiger partial charge in [0, 0.05) is 17.1 Å². The monoisotopic (exact) mass is 306 g/mol. The molecule has 2 aromatic rings. The maximum Gasteiger partial charge on any atom is 0.362 e. The molecule has 21 heavy (non-hydrogen) atoms. The van der Waals surface area contributed by atoms with E-state index in [1.807, 2.05) is 24.3 Å². The first-order valence-electron chi connectivity index (χ1n) is 6.17.